The Kier molecular flexibility index (Phi) is 9.23. The van der Waals surface area contributed by atoms with Crippen molar-refractivity contribution in [3.05, 3.63) is 74.5 Å². The predicted octanol–water partition coefficient (Wildman–Crippen LogP) is 4.73. The van der Waals surface area contributed by atoms with Gasteiger partial charge in [0.15, 0.2) is 11.5 Å². The zero-order valence-electron chi connectivity index (χ0n) is 28.0. The molecule has 246 valence electrons. The fourth-order valence-corrected chi connectivity index (χ4v) is 7.15. The van der Waals surface area contributed by atoms with Gasteiger partial charge in [0.2, 0.25) is 0 Å². The number of carbonyl (C=O) groups excluding carboxylic acids is 1. The van der Waals surface area contributed by atoms with Crippen molar-refractivity contribution in [1.82, 2.24) is 25.1 Å². The molecule has 1 amide bonds. The first-order valence-corrected chi connectivity index (χ1v) is 16.5. The Balaban J connectivity index is 1.31. The van der Waals surface area contributed by atoms with Gasteiger partial charge in [0.25, 0.3) is 17.3 Å². The summed E-state index contributed by atoms with van der Waals surface area (Å²) in [7, 11) is 4.29. The average molecular weight is 630 g/mol. The summed E-state index contributed by atoms with van der Waals surface area (Å²) in [4.78, 5) is 38.7. The quantitative estimate of drug-likeness (QED) is 0.368. The van der Waals surface area contributed by atoms with Gasteiger partial charge in [-0.25, -0.2) is 0 Å². The molecule has 1 saturated carbocycles. The molecular formula is C36H47N5O5. The van der Waals surface area contributed by atoms with E-state index < -0.39 is 5.79 Å². The van der Waals surface area contributed by atoms with Crippen LogP contribution < -0.4 is 20.3 Å². The number of nitrogens with zero attached hydrogens (tertiary/aromatic N) is 3. The lowest BCUT2D eigenvalue weighted by molar-refractivity contribution is -0.123. The maximum absolute atomic E-state index is 13.8. The number of pyridine rings is 2. The maximum Gasteiger partial charge on any atom is 0.253 e. The van der Waals surface area contributed by atoms with Gasteiger partial charge >= 0.3 is 0 Å². The number of hydrogen-bond donors (Lipinski definition) is 2. The zero-order valence-corrected chi connectivity index (χ0v) is 28.0. The number of carbonyl (C=O) groups is 1. The molecular weight excluding hydrogens is 582 g/mol. The Morgan fingerprint density at radius 1 is 1.07 bits per heavy atom. The van der Waals surface area contributed by atoms with Crippen molar-refractivity contribution in [2.24, 2.45) is 5.92 Å². The lowest BCUT2D eigenvalue weighted by atomic mass is 9.81. The minimum absolute atomic E-state index is 0.119. The minimum atomic E-state index is -0.843. The number of fused-ring (bicyclic) bond motifs is 1. The molecule has 6 rings (SSSR count). The number of amides is 1. The molecule has 0 radical (unpaired) electrons. The molecule has 1 unspecified atom stereocenters. The van der Waals surface area contributed by atoms with E-state index in [-0.39, 0.29) is 23.9 Å². The van der Waals surface area contributed by atoms with E-state index in [1.165, 1.54) is 0 Å². The fraction of sp³-hybridized carbons (Fsp3) is 0.528. The highest BCUT2D eigenvalue weighted by atomic mass is 16.7. The topological polar surface area (TPSA) is 109 Å². The van der Waals surface area contributed by atoms with Crippen LogP contribution in [-0.4, -0.2) is 77.9 Å². The second-order valence-electron chi connectivity index (χ2n) is 13.5. The molecule has 2 fully saturated rings. The average Bonchev–Trinajstić information content (AvgIpc) is 3.41. The number of hydrogen-bond acceptors (Lipinski definition) is 8. The molecule has 0 spiro atoms. The first-order chi connectivity index (χ1) is 22.0. The van der Waals surface area contributed by atoms with Crippen LogP contribution in [0.4, 0.5) is 0 Å². The number of H-pyrrole nitrogens is 1. The van der Waals surface area contributed by atoms with Crippen molar-refractivity contribution >= 4 is 5.91 Å². The van der Waals surface area contributed by atoms with E-state index in [4.69, 9.17) is 19.2 Å². The van der Waals surface area contributed by atoms with E-state index in [0.29, 0.717) is 34.2 Å². The number of nitrogens with one attached hydrogen (secondary N) is 2. The summed E-state index contributed by atoms with van der Waals surface area (Å²) >= 11 is 0. The van der Waals surface area contributed by atoms with Gasteiger partial charge in [0, 0.05) is 84.8 Å². The van der Waals surface area contributed by atoms with Crippen LogP contribution in [0.2, 0.25) is 0 Å². The second-order valence-corrected chi connectivity index (χ2v) is 13.5. The SMILES string of the molecule is Cc1cc(C)c(CNC(=O)c2cc(-c3ccc(CN4CCOCC4)nc3)c3c(c2C)OC(C)([C@H]2CC[C@H](N(C)C)CC2)O3)c(=O)[nH]1. The molecule has 2 aromatic heterocycles. The molecule has 1 atom stereocenters. The number of aromatic amines is 1. The molecule has 2 N–H and O–H groups in total. The Morgan fingerprint density at radius 2 is 1.78 bits per heavy atom. The molecule has 4 heterocycles. The third-order valence-electron chi connectivity index (χ3n) is 10.1. The van der Waals surface area contributed by atoms with E-state index in [2.05, 4.69) is 34.2 Å². The van der Waals surface area contributed by atoms with E-state index in [1.54, 1.807) is 0 Å². The van der Waals surface area contributed by atoms with Crippen LogP contribution in [0.3, 0.4) is 0 Å². The molecule has 10 nitrogen and oxygen atoms in total. The molecule has 1 saturated heterocycles. The lowest BCUT2D eigenvalue weighted by Gasteiger charge is -2.39. The van der Waals surface area contributed by atoms with Crippen molar-refractivity contribution in [2.45, 2.75) is 78.3 Å². The highest BCUT2D eigenvalue weighted by molar-refractivity contribution is 5.99. The first-order valence-electron chi connectivity index (χ1n) is 16.5. The summed E-state index contributed by atoms with van der Waals surface area (Å²) in [5.74, 6) is 0.346. The van der Waals surface area contributed by atoms with Crippen LogP contribution in [0, 0.1) is 26.7 Å². The molecule has 2 aliphatic heterocycles. The van der Waals surface area contributed by atoms with Crippen LogP contribution in [0.5, 0.6) is 11.5 Å². The van der Waals surface area contributed by atoms with Gasteiger partial charge < -0.3 is 29.4 Å². The van der Waals surface area contributed by atoms with Gasteiger partial charge in [-0.3, -0.25) is 19.5 Å². The van der Waals surface area contributed by atoms with E-state index in [1.807, 2.05) is 58.2 Å². The molecule has 3 aromatic rings. The highest BCUT2D eigenvalue weighted by Gasteiger charge is 2.47. The van der Waals surface area contributed by atoms with Crippen molar-refractivity contribution < 1.29 is 19.0 Å². The van der Waals surface area contributed by atoms with Crippen LogP contribution in [-0.2, 0) is 17.8 Å². The van der Waals surface area contributed by atoms with Crippen molar-refractivity contribution in [1.29, 1.82) is 0 Å². The molecule has 1 aliphatic carbocycles. The summed E-state index contributed by atoms with van der Waals surface area (Å²) in [6.07, 6.45) is 6.03. The molecule has 0 bridgehead atoms. The maximum atomic E-state index is 13.8. The third-order valence-corrected chi connectivity index (χ3v) is 10.1. The smallest absolute Gasteiger partial charge is 0.253 e. The van der Waals surface area contributed by atoms with Gasteiger partial charge in [-0.1, -0.05) is 6.07 Å². The van der Waals surface area contributed by atoms with Crippen LogP contribution >= 0.6 is 0 Å². The molecule has 46 heavy (non-hydrogen) atoms. The van der Waals surface area contributed by atoms with Crippen LogP contribution in [0.15, 0.2) is 35.3 Å². The number of aryl methyl sites for hydroxylation is 2. The van der Waals surface area contributed by atoms with Gasteiger partial charge in [-0.05, 0) is 84.3 Å². The van der Waals surface area contributed by atoms with Gasteiger partial charge in [-0.2, -0.15) is 0 Å². The first kappa shape index (κ1) is 32.2. The number of rotatable bonds is 8. The number of benzene rings is 1. The van der Waals surface area contributed by atoms with Crippen LogP contribution in [0.25, 0.3) is 11.1 Å². The molecule has 10 heteroatoms. The van der Waals surface area contributed by atoms with Crippen molar-refractivity contribution in [3.63, 3.8) is 0 Å². The third kappa shape index (κ3) is 6.56. The van der Waals surface area contributed by atoms with Gasteiger partial charge in [0.05, 0.1) is 18.9 Å². The summed E-state index contributed by atoms with van der Waals surface area (Å²) in [6, 6.07) is 8.44. The Bertz CT molecular complexity index is 1640. The van der Waals surface area contributed by atoms with E-state index in [9.17, 15) is 9.59 Å². The minimum Gasteiger partial charge on any atom is -0.448 e. The van der Waals surface area contributed by atoms with E-state index >= 15 is 0 Å². The van der Waals surface area contributed by atoms with Crippen molar-refractivity contribution in [3.8, 4) is 22.6 Å². The monoisotopic (exact) mass is 629 g/mol. The summed E-state index contributed by atoms with van der Waals surface area (Å²) in [6.45, 7) is 11.8. The summed E-state index contributed by atoms with van der Waals surface area (Å²) in [5.41, 5.74) is 5.78. The van der Waals surface area contributed by atoms with Gasteiger partial charge in [-0.15, -0.1) is 0 Å². The molecule has 3 aliphatic rings. The standard InChI is InChI=1S/C36H47N5O5/c1-22-17-23(2)39-35(43)31(22)20-38-34(42)29-18-30(25-7-10-27(37-19-25)21-41-13-15-44-16-14-41)33-32(24(29)3)45-36(4,46-33)26-8-11-28(12-9-26)40(5)6/h7,10,17-19,26,28H,8-9,11-16,20-21H2,1-6H3,(H,38,42)(H,39,43)/t26-,28-,36?. The lowest BCUT2D eigenvalue weighted by Crippen LogP contribution is -2.46. The number of morpholine rings is 1. The van der Waals surface area contributed by atoms with Gasteiger partial charge in [0.1, 0.15) is 0 Å². The number of ether oxygens (including phenoxy) is 3. The highest BCUT2D eigenvalue weighted by Crippen LogP contribution is 2.52. The Hall–Kier alpha value is -3.73. The second kappa shape index (κ2) is 13.2. The largest absolute Gasteiger partial charge is 0.448 e. The van der Waals surface area contributed by atoms with Crippen LogP contribution in [0.1, 0.15) is 71.0 Å². The summed E-state index contributed by atoms with van der Waals surface area (Å²) in [5, 5.41) is 2.99. The number of aromatic nitrogens is 2. The Morgan fingerprint density at radius 3 is 2.43 bits per heavy atom. The van der Waals surface area contributed by atoms with Crippen molar-refractivity contribution in [2.75, 3.05) is 40.4 Å². The summed E-state index contributed by atoms with van der Waals surface area (Å²) < 4.78 is 19.0. The van der Waals surface area contributed by atoms with E-state index in [0.717, 1.165) is 86.6 Å². The zero-order chi connectivity index (χ0) is 32.6. The molecule has 1 aromatic carbocycles. The fourth-order valence-electron chi connectivity index (χ4n) is 7.15. The Labute approximate surface area is 271 Å². The normalized spacial score (nSPS) is 23.1. The predicted molar refractivity (Wildman–Crippen MR) is 177 cm³/mol.